The predicted octanol–water partition coefficient (Wildman–Crippen LogP) is 5.86. The number of piperidine rings is 1. The minimum absolute atomic E-state index is 0.166. The van der Waals surface area contributed by atoms with Crippen molar-refractivity contribution in [3.63, 3.8) is 0 Å². The van der Waals surface area contributed by atoms with Crippen LogP contribution in [0.2, 0.25) is 5.02 Å². The Balaban J connectivity index is 0.703. The van der Waals surface area contributed by atoms with E-state index in [4.69, 9.17) is 21.7 Å². The fourth-order valence-electron chi connectivity index (χ4n) is 9.51. The van der Waals surface area contributed by atoms with Crippen LogP contribution < -0.4 is 5.32 Å². The highest BCUT2D eigenvalue weighted by Crippen LogP contribution is 2.52. The van der Waals surface area contributed by atoms with Crippen LogP contribution in [0.1, 0.15) is 103 Å². The number of pyridine rings is 1. The summed E-state index contributed by atoms with van der Waals surface area (Å²) < 4.78 is 4.25. The Labute approximate surface area is 360 Å². The number of aromatic nitrogens is 6. The topological polar surface area (TPSA) is 147 Å². The molecular weight excluding hydrogens is 790 g/mol. The lowest BCUT2D eigenvalue weighted by molar-refractivity contribution is -0.142. The molecule has 1 spiro atoms. The van der Waals surface area contributed by atoms with E-state index in [2.05, 4.69) is 76.1 Å². The summed E-state index contributed by atoms with van der Waals surface area (Å²) in [5.74, 6) is 0.909. The van der Waals surface area contributed by atoms with Crippen molar-refractivity contribution in [2.24, 2.45) is 4.99 Å². The summed E-state index contributed by atoms with van der Waals surface area (Å²) in [6.07, 6.45) is 12.8. The average molecular weight is 840 g/mol. The van der Waals surface area contributed by atoms with Gasteiger partial charge in [0.1, 0.15) is 16.9 Å². The van der Waals surface area contributed by atoms with Gasteiger partial charge in [-0.1, -0.05) is 42.6 Å². The molecule has 0 radical (unpaired) electrons. The Bertz CT molecular complexity index is 2570. The number of hydrogen-bond donors (Lipinski definition) is 1. The summed E-state index contributed by atoms with van der Waals surface area (Å²) in [6, 6.07) is 16.3. The zero-order valence-electron chi connectivity index (χ0n) is 34.7. The van der Waals surface area contributed by atoms with Gasteiger partial charge >= 0.3 is 0 Å². The molecule has 314 valence electrons. The van der Waals surface area contributed by atoms with Gasteiger partial charge < -0.3 is 9.80 Å². The lowest BCUT2D eigenvalue weighted by Crippen LogP contribution is -2.61. The van der Waals surface area contributed by atoms with E-state index < -0.39 is 11.4 Å². The minimum atomic E-state index is -1.05. The van der Waals surface area contributed by atoms with E-state index in [9.17, 15) is 14.4 Å². The first-order valence-electron chi connectivity index (χ1n) is 21.6. The highest BCUT2D eigenvalue weighted by Gasteiger charge is 2.51. The molecule has 2 saturated heterocycles. The van der Waals surface area contributed by atoms with Crippen LogP contribution in [-0.4, -0.2) is 106 Å². The van der Waals surface area contributed by atoms with Crippen molar-refractivity contribution >= 4 is 35.0 Å². The molecule has 3 fully saturated rings. The third-order valence-corrected chi connectivity index (χ3v) is 13.7. The van der Waals surface area contributed by atoms with Gasteiger partial charge in [-0.05, 0) is 88.4 Å². The minimum Gasteiger partial charge on any atom is -0.320 e. The van der Waals surface area contributed by atoms with Gasteiger partial charge in [-0.15, -0.1) is 10.2 Å². The number of nitrogens with one attached hydrogen (secondary N) is 1. The zero-order valence-corrected chi connectivity index (χ0v) is 35.5. The third kappa shape index (κ3) is 7.38. The largest absolute Gasteiger partial charge is 0.320 e. The molecule has 1 atom stereocenters. The van der Waals surface area contributed by atoms with Crippen molar-refractivity contribution in [3.05, 3.63) is 112 Å². The van der Waals surface area contributed by atoms with E-state index in [1.54, 1.807) is 24.1 Å². The molecule has 5 aliphatic rings. The summed E-state index contributed by atoms with van der Waals surface area (Å²) in [5.41, 5.74) is 7.23. The molecule has 1 unspecified atom stereocenters. The fraction of sp³-hybridized carbons (Fsp3) is 0.435. The number of aliphatic imine (C=N–C) groups is 1. The van der Waals surface area contributed by atoms with Crippen LogP contribution in [0.5, 0.6) is 0 Å². The molecule has 1 saturated carbocycles. The van der Waals surface area contributed by atoms with E-state index in [-0.39, 0.29) is 23.8 Å². The Kier molecular flexibility index (Phi) is 10.2. The first kappa shape index (κ1) is 39.6. The number of halogens is 1. The van der Waals surface area contributed by atoms with Crippen LogP contribution in [-0.2, 0) is 34.8 Å². The quantitative estimate of drug-likeness (QED) is 0.121. The Morgan fingerprint density at radius 3 is 2.34 bits per heavy atom. The Hall–Kier alpha value is -5.57. The number of amides is 3. The molecule has 10 rings (SSSR count). The van der Waals surface area contributed by atoms with E-state index in [1.807, 2.05) is 25.3 Å². The number of nitrogens with zero attached hydrogens (tertiary/aromatic N) is 10. The molecule has 1 aliphatic carbocycles. The highest BCUT2D eigenvalue weighted by atomic mass is 35.5. The van der Waals surface area contributed by atoms with Gasteiger partial charge in [0.15, 0.2) is 5.82 Å². The second kappa shape index (κ2) is 15.7. The number of unbranched alkanes of at least 4 members (excludes halogenated alkanes) is 3. The van der Waals surface area contributed by atoms with Crippen molar-refractivity contribution in [3.8, 4) is 16.8 Å². The molecule has 15 heteroatoms. The molecular formula is C46H50ClN11O3. The molecule has 4 aliphatic heterocycles. The number of carbonyl (C=O) groups is 3. The molecule has 5 aromatic rings. The smallest absolute Gasteiger partial charge is 0.255 e. The number of hydrogen-bond acceptors (Lipinski definition) is 10. The summed E-state index contributed by atoms with van der Waals surface area (Å²) in [5, 5.41) is 17.0. The van der Waals surface area contributed by atoms with Crippen molar-refractivity contribution < 1.29 is 14.4 Å². The van der Waals surface area contributed by atoms with Crippen LogP contribution in [0, 0.1) is 6.92 Å². The SMILES string of the molecule is Cc1nnc2n1-c1ccc(-c3cnn(CCCCCCN4CCN(Cc5nccc6c5CN(C5(C)CCC(=O)NC5=O)C6=O)CC4)c3)cc1C(c1ccc(Cl)cc1)=NC21CC1. The summed E-state index contributed by atoms with van der Waals surface area (Å²) >= 11 is 6.30. The first-order valence-corrected chi connectivity index (χ1v) is 22.0. The van der Waals surface area contributed by atoms with Gasteiger partial charge in [-0.3, -0.25) is 43.8 Å². The van der Waals surface area contributed by atoms with Crippen LogP contribution >= 0.6 is 11.6 Å². The molecule has 2 aromatic carbocycles. The van der Waals surface area contributed by atoms with E-state index >= 15 is 0 Å². The number of aryl methyl sites for hydroxylation is 2. The molecule has 1 N–H and O–H groups in total. The standard InChI is InChI=1S/C46H50ClN11O3/c1-30-52-53-43-46(16-17-46)51-41(31-7-10-34(47)11-8-31)36-25-32(9-12-39(36)58(30)43)33-26-49-56(27-33)20-6-4-3-5-19-54-21-23-55(24-22-54)29-38-37-28-57(42(60)35(37)14-18-48-38)45(2)15-13-40(59)50-44(45)61/h7-12,14,18,25-27H,3-6,13,15-17,19-24,28-29H2,1-2H3,(H,50,59,61). The van der Waals surface area contributed by atoms with Crippen LogP contribution in [0.3, 0.4) is 0 Å². The molecule has 3 amide bonds. The van der Waals surface area contributed by atoms with Crippen LogP contribution in [0.4, 0.5) is 0 Å². The summed E-state index contributed by atoms with van der Waals surface area (Å²) in [6.45, 7) is 10.6. The summed E-state index contributed by atoms with van der Waals surface area (Å²) in [7, 11) is 0. The van der Waals surface area contributed by atoms with Gasteiger partial charge in [-0.25, -0.2) is 0 Å². The second-order valence-corrected chi connectivity index (χ2v) is 17.9. The first-order chi connectivity index (χ1) is 29.6. The lowest BCUT2D eigenvalue weighted by Gasteiger charge is -2.39. The van der Waals surface area contributed by atoms with Crippen molar-refractivity contribution in [2.45, 2.75) is 95.9 Å². The maximum Gasteiger partial charge on any atom is 0.255 e. The number of benzene rings is 2. The van der Waals surface area contributed by atoms with E-state index in [0.717, 1.165) is 128 Å². The Morgan fingerprint density at radius 2 is 1.57 bits per heavy atom. The molecule has 0 bridgehead atoms. The highest BCUT2D eigenvalue weighted by molar-refractivity contribution is 6.30. The van der Waals surface area contributed by atoms with Gasteiger partial charge in [-0.2, -0.15) is 5.10 Å². The van der Waals surface area contributed by atoms with Crippen molar-refractivity contribution in [2.75, 3.05) is 32.7 Å². The number of carbonyl (C=O) groups excluding carboxylic acids is 3. The maximum atomic E-state index is 13.5. The van der Waals surface area contributed by atoms with E-state index in [1.165, 1.54) is 6.42 Å². The van der Waals surface area contributed by atoms with Gasteiger partial charge in [0.05, 0.1) is 23.3 Å². The zero-order chi connectivity index (χ0) is 41.9. The van der Waals surface area contributed by atoms with Crippen molar-refractivity contribution in [1.29, 1.82) is 0 Å². The fourth-order valence-corrected chi connectivity index (χ4v) is 9.64. The van der Waals surface area contributed by atoms with Crippen LogP contribution in [0.15, 0.2) is 72.1 Å². The normalized spacial score (nSPS) is 20.9. The van der Waals surface area contributed by atoms with Gasteiger partial charge in [0.25, 0.3) is 11.8 Å². The Morgan fingerprint density at radius 1 is 0.820 bits per heavy atom. The van der Waals surface area contributed by atoms with Gasteiger partial charge in [0.2, 0.25) is 5.91 Å². The monoisotopic (exact) mass is 839 g/mol. The number of rotatable bonds is 12. The lowest BCUT2D eigenvalue weighted by atomic mass is 9.89. The van der Waals surface area contributed by atoms with Crippen molar-refractivity contribution in [1.82, 2.24) is 49.5 Å². The number of imide groups is 1. The second-order valence-electron chi connectivity index (χ2n) is 17.5. The van der Waals surface area contributed by atoms with Crippen LogP contribution in [0.25, 0.3) is 16.8 Å². The number of piperazine rings is 1. The molecule has 3 aromatic heterocycles. The summed E-state index contributed by atoms with van der Waals surface area (Å²) in [4.78, 5) is 54.8. The van der Waals surface area contributed by atoms with Gasteiger partial charge in [0, 0.05) is 97.5 Å². The maximum absolute atomic E-state index is 13.5. The third-order valence-electron chi connectivity index (χ3n) is 13.4. The average Bonchev–Trinajstić information content (AvgIpc) is 3.53. The van der Waals surface area contributed by atoms with E-state index in [0.29, 0.717) is 30.1 Å². The molecule has 61 heavy (non-hydrogen) atoms. The molecule has 7 heterocycles. The molecule has 14 nitrogen and oxygen atoms in total. The number of fused-ring (bicyclic) bond motifs is 5. The predicted molar refractivity (Wildman–Crippen MR) is 230 cm³/mol.